The number of para-hydroxylation sites is 3. The first-order valence-corrected chi connectivity index (χ1v) is 9.55. The SMILES string of the molecule is Nc1nc(CN2CCN(Cc3nc4ccccc4o3)CC2)nc2ccccc12. The second-order valence-corrected chi connectivity index (χ2v) is 7.17. The summed E-state index contributed by atoms with van der Waals surface area (Å²) in [6.45, 7) is 5.28. The lowest BCUT2D eigenvalue weighted by Gasteiger charge is -2.33. The summed E-state index contributed by atoms with van der Waals surface area (Å²) < 4.78 is 5.85. The quantitative estimate of drug-likeness (QED) is 0.588. The maximum Gasteiger partial charge on any atom is 0.209 e. The van der Waals surface area contributed by atoms with Gasteiger partial charge in [-0.25, -0.2) is 15.0 Å². The van der Waals surface area contributed by atoms with E-state index >= 15 is 0 Å². The number of fused-ring (bicyclic) bond motifs is 2. The van der Waals surface area contributed by atoms with E-state index in [2.05, 4.69) is 24.8 Å². The van der Waals surface area contributed by atoms with Crippen LogP contribution >= 0.6 is 0 Å². The highest BCUT2D eigenvalue weighted by molar-refractivity contribution is 5.87. The predicted octanol–water partition coefficient (Wildman–Crippen LogP) is 2.67. The van der Waals surface area contributed by atoms with Crippen LogP contribution in [0.5, 0.6) is 0 Å². The van der Waals surface area contributed by atoms with Crippen LogP contribution in [0.2, 0.25) is 0 Å². The summed E-state index contributed by atoms with van der Waals surface area (Å²) in [6, 6.07) is 15.8. The summed E-state index contributed by atoms with van der Waals surface area (Å²) in [5.41, 5.74) is 8.78. The largest absolute Gasteiger partial charge is 0.439 e. The van der Waals surface area contributed by atoms with Gasteiger partial charge in [0.15, 0.2) is 5.58 Å². The molecule has 1 fully saturated rings. The normalized spacial score (nSPS) is 16.1. The molecule has 0 saturated carbocycles. The van der Waals surface area contributed by atoms with Crippen molar-refractivity contribution in [3.8, 4) is 0 Å². The van der Waals surface area contributed by atoms with Crippen LogP contribution in [0.25, 0.3) is 22.0 Å². The molecule has 2 N–H and O–H groups in total. The summed E-state index contributed by atoms with van der Waals surface area (Å²) in [5.74, 6) is 2.11. The molecule has 7 nitrogen and oxygen atoms in total. The number of anilines is 1. The molecule has 0 unspecified atom stereocenters. The third kappa shape index (κ3) is 3.42. The van der Waals surface area contributed by atoms with Gasteiger partial charge in [0, 0.05) is 31.6 Å². The van der Waals surface area contributed by atoms with Gasteiger partial charge >= 0.3 is 0 Å². The number of benzene rings is 2. The van der Waals surface area contributed by atoms with Crippen LogP contribution in [0.1, 0.15) is 11.7 Å². The molecule has 1 aliphatic heterocycles. The predicted molar refractivity (Wildman–Crippen MR) is 109 cm³/mol. The summed E-state index contributed by atoms with van der Waals surface area (Å²) >= 11 is 0. The average Bonchev–Trinajstić information content (AvgIpc) is 3.12. The third-order valence-corrected chi connectivity index (χ3v) is 5.21. The molecular formula is C21H22N6O. The Kier molecular flexibility index (Phi) is 4.38. The van der Waals surface area contributed by atoms with Gasteiger partial charge in [0.2, 0.25) is 5.89 Å². The summed E-state index contributed by atoms with van der Waals surface area (Å²) in [7, 11) is 0. The number of oxazole rings is 1. The fourth-order valence-corrected chi connectivity index (χ4v) is 3.71. The van der Waals surface area contributed by atoms with Gasteiger partial charge in [-0.15, -0.1) is 0 Å². The minimum Gasteiger partial charge on any atom is -0.439 e. The molecule has 1 saturated heterocycles. The van der Waals surface area contributed by atoms with E-state index in [1.165, 1.54) is 0 Å². The molecular weight excluding hydrogens is 352 g/mol. The third-order valence-electron chi connectivity index (χ3n) is 5.21. The number of rotatable bonds is 4. The van der Waals surface area contributed by atoms with Crippen molar-refractivity contribution in [3.05, 3.63) is 60.2 Å². The Labute approximate surface area is 162 Å². The Bertz CT molecular complexity index is 1080. The molecule has 4 aromatic rings. The van der Waals surface area contributed by atoms with Gasteiger partial charge in [0.05, 0.1) is 18.6 Å². The first-order chi connectivity index (χ1) is 13.7. The number of piperazine rings is 1. The lowest BCUT2D eigenvalue weighted by molar-refractivity contribution is 0.113. The molecule has 0 atom stereocenters. The van der Waals surface area contributed by atoms with Gasteiger partial charge in [-0.05, 0) is 24.3 Å². The number of nitrogens with zero attached hydrogens (tertiary/aromatic N) is 5. The monoisotopic (exact) mass is 374 g/mol. The minimum absolute atomic E-state index is 0.551. The van der Waals surface area contributed by atoms with E-state index in [4.69, 9.17) is 10.2 Å². The summed E-state index contributed by atoms with van der Waals surface area (Å²) in [4.78, 5) is 18.5. The molecule has 0 amide bonds. The lowest BCUT2D eigenvalue weighted by atomic mass is 10.2. The van der Waals surface area contributed by atoms with Crippen molar-refractivity contribution in [1.82, 2.24) is 24.8 Å². The zero-order valence-electron chi connectivity index (χ0n) is 15.6. The highest BCUT2D eigenvalue weighted by atomic mass is 16.3. The van der Waals surface area contributed by atoms with Gasteiger partial charge in [-0.1, -0.05) is 24.3 Å². The number of hydrogen-bond donors (Lipinski definition) is 1. The van der Waals surface area contributed by atoms with Gasteiger partial charge in [0.1, 0.15) is 17.2 Å². The summed E-state index contributed by atoms with van der Waals surface area (Å²) in [5, 5.41) is 0.911. The molecule has 2 aromatic carbocycles. The Morgan fingerprint density at radius 1 is 0.786 bits per heavy atom. The number of nitrogens with two attached hydrogens (primary N) is 1. The molecule has 3 heterocycles. The summed E-state index contributed by atoms with van der Waals surface area (Å²) in [6.07, 6.45) is 0. The van der Waals surface area contributed by atoms with Gasteiger partial charge in [0.25, 0.3) is 0 Å². The molecule has 1 aliphatic rings. The molecule has 7 heteroatoms. The van der Waals surface area contributed by atoms with E-state index < -0.39 is 0 Å². The molecule has 0 radical (unpaired) electrons. The minimum atomic E-state index is 0.551. The van der Waals surface area contributed by atoms with Crippen LogP contribution in [0, 0.1) is 0 Å². The zero-order chi connectivity index (χ0) is 18.9. The first kappa shape index (κ1) is 17.1. The van der Waals surface area contributed by atoms with E-state index in [0.29, 0.717) is 12.4 Å². The van der Waals surface area contributed by atoms with E-state index in [1.54, 1.807) is 0 Å². The maximum absolute atomic E-state index is 6.11. The Morgan fingerprint density at radius 2 is 1.46 bits per heavy atom. The van der Waals surface area contributed by atoms with Crippen LogP contribution in [0.4, 0.5) is 5.82 Å². The second-order valence-electron chi connectivity index (χ2n) is 7.17. The van der Waals surface area contributed by atoms with Gasteiger partial charge in [-0.3, -0.25) is 9.80 Å². The van der Waals surface area contributed by atoms with E-state index in [1.807, 2.05) is 48.5 Å². The van der Waals surface area contributed by atoms with Crippen molar-refractivity contribution < 1.29 is 4.42 Å². The molecule has 2 aromatic heterocycles. The number of aromatic nitrogens is 3. The van der Waals surface area contributed by atoms with E-state index in [9.17, 15) is 0 Å². The van der Waals surface area contributed by atoms with Crippen molar-refractivity contribution in [2.45, 2.75) is 13.1 Å². The Hall–Kier alpha value is -3.03. The van der Waals surface area contributed by atoms with Gasteiger partial charge < -0.3 is 10.2 Å². The highest BCUT2D eigenvalue weighted by Crippen LogP contribution is 2.19. The second kappa shape index (κ2) is 7.18. The fraction of sp³-hybridized carbons (Fsp3) is 0.286. The zero-order valence-corrected chi connectivity index (χ0v) is 15.6. The topological polar surface area (TPSA) is 84.3 Å². The number of hydrogen-bond acceptors (Lipinski definition) is 7. The van der Waals surface area contributed by atoms with E-state index in [-0.39, 0.29) is 0 Å². The highest BCUT2D eigenvalue weighted by Gasteiger charge is 2.20. The number of nitrogen functional groups attached to an aromatic ring is 1. The van der Waals surface area contributed by atoms with Crippen molar-refractivity contribution in [1.29, 1.82) is 0 Å². The molecule has 28 heavy (non-hydrogen) atoms. The van der Waals surface area contributed by atoms with Crippen molar-refractivity contribution in [2.24, 2.45) is 0 Å². The van der Waals surface area contributed by atoms with Crippen molar-refractivity contribution in [3.63, 3.8) is 0 Å². The van der Waals surface area contributed by atoms with Crippen LogP contribution in [0.3, 0.4) is 0 Å². The van der Waals surface area contributed by atoms with E-state index in [0.717, 1.165) is 66.4 Å². The molecule has 142 valence electrons. The van der Waals surface area contributed by atoms with Crippen LogP contribution < -0.4 is 5.73 Å². The van der Waals surface area contributed by atoms with Crippen LogP contribution in [-0.4, -0.2) is 50.9 Å². The Balaban J connectivity index is 1.21. The molecule has 0 aliphatic carbocycles. The Morgan fingerprint density at radius 3 is 2.25 bits per heavy atom. The maximum atomic E-state index is 6.11. The molecule has 5 rings (SSSR count). The lowest BCUT2D eigenvalue weighted by Crippen LogP contribution is -2.45. The van der Waals surface area contributed by atoms with Gasteiger partial charge in [-0.2, -0.15) is 0 Å². The average molecular weight is 374 g/mol. The molecule has 0 spiro atoms. The van der Waals surface area contributed by atoms with Crippen molar-refractivity contribution >= 4 is 27.8 Å². The molecule has 0 bridgehead atoms. The standard InChI is InChI=1S/C21H22N6O/c22-21-15-5-1-2-6-16(15)23-19(25-21)13-26-9-11-27(12-10-26)14-20-24-17-7-3-4-8-18(17)28-20/h1-8H,9-14H2,(H2,22,23,25). The fourth-order valence-electron chi connectivity index (χ4n) is 3.71. The first-order valence-electron chi connectivity index (χ1n) is 9.55. The smallest absolute Gasteiger partial charge is 0.209 e. The van der Waals surface area contributed by atoms with Crippen LogP contribution in [-0.2, 0) is 13.1 Å². The van der Waals surface area contributed by atoms with Crippen molar-refractivity contribution in [2.75, 3.05) is 31.9 Å². The van der Waals surface area contributed by atoms with Crippen LogP contribution in [0.15, 0.2) is 52.9 Å².